The lowest BCUT2D eigenvalue weighted by Crippen LogP contribution is -2.06. The van der Waals surface area contributed by atoms with Crippen LogP contribution < -0.4 is 5.73 Å². The van der Waals surface area contributed by atoms with Gasteiger partial charge in [0, 0.05) is 25.5 Å². The maximum Gasteiger partial charge on any atom is 0.253 e. The standard InChI is InChI=1S/C5H9I4N5/c1-4(10)11-3-2-9-13-5(12-6)14(7)8/h2-3H2,1H3,(H2,10,11). The average Bonchev–Trinajstić information content (AvgIpc) is 2.10. The molecular formula is C5H9I4N5. The van der Waals surface area contributed by atoms with Gasteiger partial charge in [0.25, 0.3) is 5.96 Å². The van der Waals surface area contributed by atoms with Gasteiger partial charge in [0.05, 0.1) is 81.0 Å². The Morgan fingerprint density at radius 2 is 2.14 bits per heavy atom. The van der Waals surface area contributed by atoms with E-state index in [1.807, 2.05) is 24.2 Å². The van der Waals surface area contributed by atoms with Crippen LogP contribution in [-0.2, 0) is 0 Å². The molecule has 0 aliphatic heterocycles. The first-order chi connectivity index (χ1) is 6.57. The number of nitrogens with two attached hydrogens (primary N) is 1. The molecule has 0 heterocycles. The first kappa shape index (κ1) is 15.7. The van der Waals surface area contributed by atoms with Gasteiger partial charge in [0.1, 0.15) is 0 Å². The fourth-order valence-electron chi connectivity index (χ4n) is 0.424. The van der Waals surface area contributed by atoms with Crippen LogP contribution in [0.1, 0.15) is 6.92 Å². The smallest absolute Gasteiger partial charge is 0.253 e. The molecule has 0 aliphatic rings. The first-order valence-electron chi connectivity index (χ1n) is 3.44. The minimum atomic E-state index is -0.212. The molecule has 0 rings (SSSR count). The summed E-state index contributed by atoms with van der Waals surface area (Å²) in [6.45, 7) is 2.57. The van der Waals surface area contributed by atoms with E-state index in [1.54, 1.807) is 6.92 Å². The van der Waals surface area contributed by atoms with Gasteiger partial charge in [-0.1, -0.05) is 0 Å². The van der Waals surface area contributed by atoms with Crippen LogP contribution in [0, 0.1) is 0 Å². The summed E-state index contributed by atoms with van der Waals surface area (Å²) in [4.78, 5) is 4.09. The van der Waals surface area contributed by atoms with E-state index < -0.39 is 0 Å². The van der Waals surface area contributed by atoms with Crippen LogP contribution in [0.5, 0.6) is 0 Å². The van der Waals surface area contributed by atoms with Crippen molar-refractivity contribution in [2.75, 3.05) is 11.0 Å². The van der Waals surface area contributed by atoms with Gasteiger partial charge in [-0.05, 0) is 6.92 Å². The van der Waals surface area contributed by atoms with E-state index in [1.165, 1.54) is 0 Å². The quantitative estimate of drug-likeness (QED) is 0.128. The topological polar surface area (TPSA) is 66.3 Å². The number of nitrogens with zero attached hydrogens (tertiary/aromatic N) is 4. The molecule has 14 heavy (non-hydrogen) atoms. The number of rotatable bonds is 3. The van der Waals surface area contributed by atoms with E-state index in [2.05, 4.69) is 57.1 Å². The monoisotopic (exact) mass is 647 g/mol. The number of aliphatic imine (C=N–C) groups is 1. The minimum absolute atomic E-state index is 0.212. The van der Waals surface area contributed by atoms with E-state index >= 15 is 0 Å². The lowest BCUT2D eigenvalue weighted by molar-refractivity contribution is 1.15. The molecule has 0 saturated carbocycles. The fraction of sp³-hybridized carbons (Fsp3) is 0.600. The van der Waals surface area contributed by atoms with Crippen LogP contribution in [-0.4, -0.2) is 24.1 Å². The highest BCUT2D eigenvalue weighted by molar-refractivity contribution is 14.2. The number of guanidine groups is 1. The fourth-order valence-corrected chi connectivity index (χ4v) is 4.57. The lowest BCUT2D eigenvalue weighted by atomic mass is 10.7. The van der Waals surface area contributed by atoms with Crippen molar-refractivity contribution < 1.29 is 0 Å². The SMILES string of the molecule is CC(N)=NCCI=NC(=NI)N(I)I. The highest BCUT2D eigenvalue weighted by Crippen LogP contribution is 2.14. The van der Waals surface area contributed by atoms with Gasteiger partial charge < -0.3 is 5.73 Å². The summed E-state index contributed by atoms with van der Waals surface area (Å²) in [6, 6.07) is 0. The molecule has 0 bridgehead atoms. The van der Waals surface area contributed by atoms with Crippen molar-refractivity contribution >= 4 is 101 Å². The summed E-state index contributed by atoms with van der Waals surface area (Å²) in [6.07, 6.45) is 0. The molecule has 0 amide bonds. The number of hydrogen-bond donors (Lipinski definition) is 1. The maximum absolute atomic E-state index is 5.40. The van der Waals surface area contributed by atoms with E-state index in [4.69, 9.17) is 5.73 Å². The number of hydrogen-bond acceptors (Lipinski definition) is 2. The van der Waals surface area contributed by atoms with E-state index in [0.717, 1.165) is 16.9 Å². The summed E-state index contributed by atoms with van der Waals surface area (Å²) in [5.41, 5.74) is 5.40. The van der Waals surface area contributed by atoms with Gasteiger partial charge in [-0.2, -0.15) is 6.35 Å². The second kappa shape index (κ2) is 9.86. The zero-order chi connectivity index (χ0) is 11.0. The molecule has 0 saturated heterocycles. The van der Waals surface area contributed by atoms with Crippen LogP contribution in [0.25, 0.3) is 0 Å². The van der Waals surface area contributed by atoms with E-state index in [9.17, 15) is 0 Å². The number of halogens is 4. The minimum Gasteiger partial charge on any atom is -0.388 e. The van der Waals surface area contributed by atoms with Crippen LogP contribution >= 0.6 is 89.6 Å². The van der Waals surface area contributed by atoms with Crippen LogP contribution in [0.2, 0.25) is 0 Å². The second-order valence-electron chi connectivity index (χ2n) is 2.03. The number of amidine groups is 1. The molecule has 0 fully saturated rings. The largest absolute Gasteiger partial charge is 0.388 e. The Labute approximate surface area is 135 Å². The van der Waals surface area contributed by atoms with Crippen molar-refractivity contribution in [1.29, 1.82) is 0 Å². The molecule has 0 spiro atoms. The Morgan fingerprint density at radius 3 is 2.57 bits per heavy atom. The molecule has 0 radical (unpaired) electrons. The molecule has 2 N–H and O–H groups in total. The van der Waals surface area contributed by atoms with Crippen molar-refractivity contribution in [3.63, 3.8) is 0 Å². The van der Waals surface area contributed by atoms with Gasteiger partial charge in [-0.15, -0.1) is 0 Å². The van der Waals surface area contributed by atoms with Gasteiger partial charge in [-0.25, -0.2) is 1.33 Å². The summed E-state index contributed by atoms with van der Waals surface area (Å²) in [5.74, 6) is 1.41. The molecule has 0 atom stereocenters. The highest BCUT2D eigenvalue weighted by atomic mass is 127. The highest BCUT2D eigenvalue weighted by Gasteiger charge is 1.99. The Morgan fingerprint density at radius 1 is 1.50 bits per heavy atom. The van der Waals surface area contributed by atoms with Gasteiger partial charge in [-0.3, -0.25) is 4.99 Å². The Kier molecular flexibility index (Phi) is 11.0. The molecule has 0 aromatic heterocycles. The molecule has 0 aromatic rings. The molecule has 0 unspecified atom stereocenters. The van der Waals surface area contributed by atoms with Crippen molar-refractivity contribution in [3.8, 4) is 0 Å². The van der Waals surface area contributed by atoms with Crippen molar-refractivity contribution in [2.24, 2.45) is 17.1 Å². The normalized spacial score (nSPS) is 14.3. The van der Waals surface area contributed by atoms with E-state index in [0.29, 0.717) is 5.84 Å². The van der Waals surface area contributed by atoms with Crippen LogP contribution in [0.15, 0.2) is 11.3 Å². The van der Waals surface area contributed by atoms with Crippen LogP contribution in [0.4, 0.5) is 0 Å². The molecule has 5 nitrogen and oxygen atoms in total. The maximum atomic E-state index is 5.40. The Balaban J connectivity index is 3.88. The lowest BCUT2D eigenvalue weighted by Gasteiger charge is -2.01. The third-order valence-electron chi connectivity index (χ3n) is 0.892. The summed E-state index contributed by atoms with van der Waals surface area (Å²) >= 11 is 6.01. The number of alkyl halides is 1. The van der Waals surface area contributed by atoms with E-state index in [-0.39, 0.29) is 21.0 Å². The van der Waals surface area contributed by atoms with Gasteiger partial charge in [0.15, 0.2) is 0 Å². The molecule has 0 aromatic carbocycles. The predicted molar refractivity (Wildman–Crippen MR) is 94.8 cm³/mol. The predicted octanol–water partition coefficient (Wildman–Crippen LogP) is 3.23. The Bertz CT molecular complexity index is 245. The third kappa shape index (κ3) is 8.93. The summed E-state index contributed by atoms with van der Waals surface area (Å²) in [5, 5.41) is 0. The zero-order valence-electron chi connectivity index (χ0n) is 7.29. The van der Waals surface area contributed by atoms with Gasteiger partial charge >= 0.3 is 0 Å². The zero-order valence-corrected chi connectivity index (χ0v) is 15.9. The van der Waals surface area contributed by atoms with Crippen molar-refractivity contribution in [1.82, 2.24) is 1.33 Å². The average molecular weight is 647 g/mol. The van der Waals surface area contributed by atoms with Crippen molar-refractivity contribution in [2.45, 2.75) is 6.92 Å². The Hall–Kier alpha value is 1.66. The second-order valence-corrected chi connectivity index (χ2v) is 8.54. The summed E-state index contributed by atoms with van der Waals surface area (Å²) < 4.78 is 11.3. The molecule has 82 valence electrons. The van der Waals surface area contributed by atoms with Crippen molar-refractivity contribution in [3.05, 3.63) is 0 Å². The third-order valence-corrected chi connectivity index (χ3v) is 3.92. The molecular weight excluding hydrogens is 638 g/mol. The molecule has 9 heteroatoms. The molecule has 0 aliphatic carbocycles. The first-order valence-corrected chi connectivity index (χ1v) is 8.83. The summed E-state index contributed by atoms with van der Waals surface area (Å²) in [7, 11) is 0. The van der Waals surface area contributed by atoms with Gasteiger partial charge in [0.2, 0.25) is 0 Å². The van der Waals surface area contributed by atoms with Crippen LogP contribution in [0.3, 0.4) is 0 Å².